The zero-order valence-corrected chi connectivity index (χ0v) is 11.2. The maximum absolute atomic E-state index is 11.5. The molecule has 0 aliphatic rings. The first-order valence-corrected chi connectivity index (χ1v) is 7.02. The lowest BCUT2D eigenvalue weighted by atomic mass is 10.2. The SMILES string of the molecule is CC(C)n1c(-c2cc[nH]c(=O)c2)nnc1S(N)(=O)=O. The third kappa shape index (κ3) is 2.56. The summed E-state index contributed by atoms with van der Waals surface area (Å²) in [6.07, 6.45) is 1.45. The highest BCUT2D eigenvalue weighted by molar-refractivity contribution is 7.89. The van der Waals surface area contributed by atoms with Crippen molar-refractivity contribution in [3.05, 3.63) is 28.7 Å². The number of nitrogens with two attached hydrogens (primary N) is 1. The normalized spacial score (nSPS) is 12.0. The Labute approximate surface area is 109 Å². The molecule has 0 bridgehead atoms. The van der Waals surface area contributed by atoms with E-state index in [-0.39, 0.29) is 22.6 Å². The van der Waals surface area contributed by atoms with Crippen LogP contribution in [-0.2, 0) is 10.0 Å². The minimum atomic E-state index is -3.97. The lowest BCUT2D eigenvalue weighted by molar-refractivity contribution is 0.524. The van der Waals surface area contributed by atoms with Crippen LogP contribution in [0.3, 0.4) is 0 Å². The van der Waals surface area contributed by atoms with Crippen LogP contribution in [0.25, 0.3) is 11.4 Å². The van der Waals surface area contributed by atoms with Gasteiger partial charge in [0.15, 0.2) is 5.82 Å². The maximum Gasteiger partial charge on any atom is 0.273 e. The molecule has 0 spiro atoms. The number of pyridine rings is 1. The smallest absolute Gasteiger partial charge is 0.273 e. The number of H-pyrrole nitrogens is 1. The molecule has 0 aromatic carbocycles. The highest BCUT2D eigenvalue weighted by Crippen LogP contribution is 2.22. The van der Waals surface area contributed by atoms with Gasteiger partial charge in [-0.3, -0.25) is 9.36 Å². The van der Waals surface area contributed by atoms with E-state index >= 15 is 0 Å². The maximum atomic E-state index is 11.5. The van der Waals surface area contributed by atoms with Crippen LogP contribution in [0.5, 0.6) is 0 Å². The summed E-state index contributed by atoms with van der Waals surface area (Å²) in [7, 11) is -3.97. The van der Waals surface area contributed by atoms with Crippen molar-refractivity contribution in [1.29, 1.82) is 0 Å². The van der Waals surface area contributed by atoms with Crippen LogP contribution >= 0.6 is 0 Å². The van der Waals surface area contributed by atoms with Gasteiger partial charge in [0.1, 0.15) is 0 Å². The van der Waals surface area contributed by atoms with Gasteiger partial charge in [0.05, 0.1) is 0 Å². The number of hydrogen-bond donors (Lipinski definition) is 2. The van der Waals surface area contributed by atoms with Crippen LogP contribution in [0.15, 0.2) is 28.3 Å². The average molecular weight is 283 g/mol. The third-order valence-corrected chi connectivity index (χ3v) is 3.26. The molecule has 2 rings (SSSR count). The van der Waals surface area contributed by atoms with E-state index in [9.17, 15) is 13.2 Å². The molecule has 0 amide bonds. The highest BCUT2D eigenvalue weighted by Gasteiger charge is 2.23. The summed E-state index contributed by atoms with van der Waals surface area (Å²) in [5.41, 5.74) is 0.160. The molecule has 8 nitrogen and oxygen atoms in total. The molecule has 0 aliphatic heterocycles. The van der Waals surface area contributed by atoms with Gasteiger partial charge in [-0.15, -0.1) is 10.2 Å². The average Bonchev–Trinajstić information content (AvgIpc) is 2.72. The Morgan fingerprint density at radius 1 is 1.37 bits per heavy atom. The summed E-state index contributed by atoms with van der Waals surface area (Å²) >= 11 is 0. The molecule has 102 valence electrons. The van der Waals surface area contributed by atoms with Crippen molar-refractivity contribution in [3.8, 4) is 11.4 Å². The molecule has 0 saturated carbocycles. The van der Waals surface area contributed by atoms with E-state index in [1.807, 2.05) is 0 Å². The van der Waals surface area contributed by atoms with Crippen molar-refractivity contribution in [1.82, 2.24) is 19.7 Å². The van der Waals surface area contributed by atoms with Crippen molar-refractivity contribution >= 4 is 10.0 Å². The predicted molar refractivity (Wildman–Crippen MR) is 67.8 cm³/mol. The number of nitrogens with zero attached hydrogens (tertiary/aromatic N) is 3. The van der Waals surface area contributed by atoms with Crippen LogP contribution in [0.1, 0.15) is 19.9 Å². The number of primary sulfonamides is 1. The summed E-state index contributed by atoms with van der Waals surface area (Å²) in [5.74, 6) is 0.283. The van der Waals surface area contributed by atoms with Gasteiger partial charge in [-0.1, -0.05) is 0 Å². The van der Waals surface area contributed by atoms with Crippen LogP contribution < -0.4 is 10.7 Å². The van der Waals surface area contributed by atoms with Crippen LogP contribution in [0, 0.1) is 0 Å². The number of nitrogens with one attached hydrogen (secondary N) is 1. The summed E-state index contributed by atoms with van der Waals surface area (Å²) in [6.45, 7) is 3.55. The lowest BCUT2D eigenvalue weighted by Gasteiger charge is -2.12. The van der Waals surface area contributed by atoms with E-state index in [0.29, 0.717) is 5.56 Å². The second-order valence-electron chi connectivity index (χ2n) is 4.26. The zero-order valence-electron chi connectivity index (χ0n) is 10.4. The summed E-state index contributed by atoms with van der Waals surface area (Å²) in [5, 5.41) is 12.2. The lowest BCUT2D eigenvalue weighted by Crippen LogP contribution is -2.20. The number of hydrogen-bond acceptors (Lipinski definition) is 5. The fourth-order valence-electron chi connectivity index (χ4n) is 1.72. The van der Waals surface area contributed by atoms with E-state index in [4.69, 9.17) is 5.14 Å². The van der Waals surface area contributed by atoms with Gasteiger partial charge in [0.25, 0.3) is 15.2 Å². The molecular weight excluding hydrogens is 270 g/mol. The number of aromatic amines is 1. The largest absolute Gasteiger partial charge is 0.329 e. The standard InChI is InChI=1S/C10H13N5O3S/c1-6(2)15-9(7-3-4-12-8(16)5-7)13-14-10(15)19(11,17)18/h3-6H,1-2H3,(H,12,16)(H2,11,17,18). The first kappa shape index (κ1) is 13.4. The molecule has 19 heavy (non-hydrogen) atoms. The molecule has 2 heterocycles. The summed E-state index contributed by atoms with van der Waals surface area (Å²) in [4.78, 5) is 13.8. The van der Waals surface area contributed by atoms with Gasteiger partial charge < -0.3 is 4.98 Å². The molecule has 0 fully saturated rings. The zero-order chi connectivity index (χ0) is 14.2. The topological polar surface area (TPSA) is 124 Å². The fourth-order valence-corrected chi connectivity index (χ4v) is 2.44. The van der Waals surface area contributed by atoms with Gasteiger partial charge in [0.2, 0.25) is 5.56 Å². The number of rotatable bonds is 3. The highest BCUT2D eigenvalue weighted by atomic mass is 32.2. The summed E-state index contributed by atoms with van der Waals surface area (Å²) in [6, 6.07) is 2.70. The Hall–Kier alpha value is -2.00. The van der Waals surface area contributed by atoms with Gasteiger partial charge in [-0.2, -0.15) is 0 Å². The first-order chi connectivity index (χ1) is 8.80. The Morgan fingerprint density at radius 2 is 2.05 bits per heavy atom. The van der Waals surface area contributed by atoms with Crippen molar-refractivity contribution in [3.63, 3.8) is 0 Å². The number of sulfonamides is 1. The first-order valence-electron chi connectivity index (χ1n) is 5.47. The van der Waals surface area contributed by atoms with E-state index in [0.717, 1.165) is 0 Å². The molecule has 2 aromatic heterocycles. The Kier molecular flexibility index (Phi) is 3.25. The van der Waals surface area contributed by atoms with Crippen molar-refractivity contribution in [2.45, 2.75) is 25.0 Å². The molecule has 0 saturated heterocycles. The summed E-state index contributed by atoms with van der Waals surface area (Å²) < 4.78 is 24.3. The third-order valence-electron chi connectivity index (χ3n) is 2.47. The van der Waals surface area contributed by atoms with E-state index in [1.54, 1.807) is 19.9 Å². The molecule has 2 aromatic rings. The van der Waals surface area contributed by atoms with Crippen LogP contribution in [-0.4, -0.2) is 28.2 Å². The Balaban J connectivity index is 2.73. The Bertz CT molecular complexity index is 759. The van der Waals surface area contributed by atoms with E-state index in [2.05, 4.69) is 15.2 Å². The van der Waals surface area contributed by atoms with Gasteiger partial charge in [-0.25, -0.2) is 13.6 Å². The van der Waals surface area contributed by atoms with Crippen LogP contribution in [0.4, 0.5) is 0 Å². The Morgan fingerprint density at radius 3 is 2.58 bits per heavy atom. The van der Waals surface area contributed by atoms with E-state index in [1.165, 1.54) is 16.8 Å². The minimum absolute atomic E-state index is 0.224. The van der Waals surface area contributed by atoms with E-state index < -0.39 is 10.0 Å². The molecule has 3 N–H and O–H groups in total. The van der Waals surface area contributed by atoms with Crippen molar-refractivity contribution in [2.75, 3.05) is 0 Å². The molecule has 0 aliphatic carbocycles. The van der Waals surface area contributed by atoms with Crippen molar-refractivity contribution in [2.24, 2.45) is 5.14 Å². The second-order valence-corrected chi connectivity index (χ2v) is 5.71. The quantitative estimate of drug-likeness (QED) is 0.811. The second kappa shape index (κ2) is 4.59. The van der Waals surface area contributed by atoms with Gasteiger partial charge >= 0.3 is 0 Å². The molecule has 0 atom stereocenters. The van der Waals surface area contributed by atoms with Gasteiger partial charge in [0, 0.05) is 23.9 Å². The van der Waals surface area contributed by atoms with Crippen LogP contribution in [0.2, 0.25) is 0 Å². The molecule has 9 heteroatoms. The predicted octanol–water partition coefficient (Wildman–Crippen LogP) is -0.138. The molecule has 0 radical (unpaired) electrons. The minimum Gasteiger partial charge on any atom is -0.329 e. The van der Waals surface area contributed by atoms with Gasteiger partial charge in [-0.05, 0) is 19.9 Å². The number of aromatic nitrogens is 4. The monoisotopic (exact) mass is 283 g/mol. The van der Waals surface area contributed by atoms with Crippen molar-refractivity contribution < 1.29 is 8.42 Å². The fraction of sp³-hybridized carbons (Fsp3) is 0.300. The molecule has 0 unspecified atom stereocenters. The molecular formula is C10H13N5O3S.